The van der Waals surface area contributed by atoms with Gasteiger partial charge in [-0.05, 0) is 56.1 Å². The molecule has 0 fully saturated rings. The average Bonchev–Trinajstić information content (AvgIpc) is 3.51. The maximum Gasteiger partial charge on any atom is 0.238 e. The van der Waals surface area contributed by atoms with E-state index in [0.29, 0.717) is 50.6 Å². The van der Waals surface area contributed by atoms with Crippen LogP contribution in [-0.4, -0.2) is 66.7 Å². The Kier molecular flexibility index (Phi) is 5.97. The van der Waals surface area contributed by atoms with Crippen molar-refractivity contribution in [1.82, 2.24) is 35.0 Å². The third kappa shape index (κ3) is 4.78. The number of aromatic nitrogens is 6. The number of anilines is 1. The third-order valence-electron chi connectivity index (χ3n) is 6.12. The van der Waals surface area contributed by atoms with E-state index in [0.717, 1.165) is 17.1 Å². The molecule has 0 unspecified atom stereocenters. The van der Waals surface area contributed by atoms with Crippen molar-refractivity contribution in [3.05, 3.63) is 72.8 Å². The molecule has 2 aromatic carbocycles. The number of rotatable bonds is 6. The van der Waals surface area contributed by atoms with Crippen molar-refractivity contribution in [2.24, 2.45) is 0 Å². The maximum atomic E-state index is 14.0. The molecular weight excluding hydrogens is 499 g/mol. The number of carbonyl (C=O) groups excluding carboxylic acids is 1. The first-order valence-electron chi connectivity index (χ1n) is 12.1. The number of nitrogens with zero attached hydrogens (tertiary/aromatic N) is 5. The van der Waals surface area contributed by atoms with Crippen LogP contribution < -0.4 is 5.32 Å². The Morgan fingerprint density at radius 2 is 1.87 bits per heavy atom. The van der Waals surface area contributed by atoms with E-state index in [2.05, 4.69) is 25.5 Å². The number of benzene rings is 2. The van der Waals surface area contributed by atoms with E-state index in [4.69, 9.17) is 9.97 Å². The third-order valence-corrected chi connectivity index (χ3v) is 6.12. The number of H-pyrrole nitrogens is 2. The Labute approximate surface area is 221 Å². The number of phenolic OH excluding ortho intramolecular Hbond substituents is 1. The van der Waals surface area contributed by atoms with E-state index in [9.17, 15) is 14.3 Å². The first kappa shape index (κ1) is 24.2. The van der Waals surface area contributed by atoms with Gasteiger partial charge >= 0.3 is 0 Å². The van der Waals surface area contributed by atoms with E-state index in [1.807, 2.05) is 50.5 Å². The van der Waals surface area contributed by atoms with Crippen LogP contribution in [0.5, 0.6) is 5.75 Å². The van der Waals surface area contributed by atoms with E-state index in [-0.39, 0.29) is 18.2 Å². The summed E-state index contributed by atoms with van der Waals surface area (Å²) < 4.78 is 14.0. The van der Waals surface area contributed by atoms with E-state index in [1.165, 1.54) is 12.1 Å². The molecule has 6 rings (SSSR count). The summed E-state index contributed by atoms with van der Waals surface area (Å²) in [4.78, 5) is 31.1. The van der Waals surface area contributed by atoms with Crippen LogP contribution in [0.25, 0.3) is 56.0 Å². The van der Waals surface area contributed by atoms with Gasteiger partial charge in [0.05, 0.1) is 40.7 Å². The summed E-state index contributed by atoms with van der Waals surface area (Å²) in [6.07, 6.45) is 3.26. The lowest BCUT2D eigenvalue weighted by atomic mass is 10.0. The van der Waals surface area contributed by atoms with Crippen molar-refractivity contribution in [3.63, 3.8) is 0 Å². The molecule has 6 aromatic rings. The minimum Gasteiger partial charge on any atom is -0.508 e. The number of phenols is 1. The van der Waals surface area contributed by atoms with Crippen LogP contribution in [0.4, 0.5) is 10.1 Å². The lowest BCUT2D eigenvalue weighted by Crippen LogP contribution is -2.27. The number of para-hydroxylation sites is 1. The summed E-state index contributed by atoms with van der Waals surface area (Å²) in [6, 6.07) is 15.0. The number of hydrogen-bond acceptors (Lipinski definition) is 7. The van der Waals surface area contributed by atoms with Crippen LogP contribution in [0, 0.1) is 5.82 Å². The lowest BCUT2D eigenvalue weighted by Gasteiger charge is -2.10. The topological polar surface area (TPSA) is 136 Å². The largest absolute Gasteiger partial charge is 0.508 e. The first-order valence-corrected chi connectivity index (χ1v) is 12.1. The summed E-state index contributed by atoms with van der Waals surface area (Å²) >= 11 is 0. The highest BCUT2D eigenvalue weighted by Gasteiger charge is 2.17. The fourth-order valence-corrected chi connectivity index (χ4v) is 4.47. The molecule has 0 radical (unpaired) electrons. The van der Waals surface area contributed by atoms with Crippen LogP contribution in [0.15, 0.2) is 67.0 Å². The van der Waals surface area contributed by atoms with Crippen LogP contribution >= 0.6 is 0 Å². The van der Waals surface area contributed by atoms with Gasteiger partial charge in [0.15, 0.2) is 11.5 Å². The van der Waals surface area contributed by atoms with Gasteiger partial charge in [-0.1, -0.05) is 12.1 Å². The van der Waals surface area contributed by atoms with Crippen molar-refractivity contribution in [3.8, 4) is 39.7 Å². The highest BCUT2D eigenvalue weighted by atomic mass is 19.1. The molecule has 11 heteroatoms. The van der Waals surface area contributed by atoms with E-state index in [1.54, 1.807) is 17.3 Å². The maximum absolute atomic E-state index is 14.0. The van der Waals surface area contributed by atoms with Crippen LogP contribution in [0.3, 0.4) is 0 Å². The minimum atomic E-state index is -0.538. The molecule has 4 N–H and O–H groups in total. The predicted octanol–water partition coefficient (Wildman–Crippen LogP) is 4.58. The van der Waals surface area contributed by atoms with E-state index >= 15 is 0 Å². The molecule has 0 aliphatic rings. The van der Waals surface area contributed by atoms with Gasteiger partial charge in [0.1, 0.15) is 17.1 Å². The van der Waals surface area contributed by atoms with Gasteiger partial charge in [-0.15, -0.1) is 0 Å². The fraction of sp³-hybridized carbons (Fsp3) is 0.107. The Morgan fingerprint density at radius 3 is 2.69 bits per heavy atom. The summed E-state index contributed by atoms with van der Waals surface area (Å²) in [6.45, 7) is 0.256. The summed E-state index contributed by atoms with van der Waals surface area (Å²) in [5.74, 6) is -0.360. The lowest BCUT2D eigenvalue weighted by molar-refractivity contribution is -0.116. The number of hydrogen-bond donors (Lipinski definition) is 4. The number of nitrogens with one attached hydrogen (secondary N) is 3. The van der Waals surface area contributed by atoms with Gasteiger partial charge < -0.3 is 20.3 Å². The van der Waals surface area contributed by atoms with Crippen molar-refractivity contribution < 1.29 is 14.3 Å². The van der Waals surface area contributed by atoms with Gasteiger partial charge in [0.25, 0.3) is 0 Å². The van der Waals surface area contributed by atoms with Crippen LogP contribution in [-0.2, 0) is 4.79 Å². The summed E-state index contributed by atoms with van der Waals surface area (Å²) in [5, 5.41) is 20.2. The fourth-order valence-electron chi connectivity index (χ4n) is 4.47. The number of likely N-dealkylation sites (N-methyl/N-ethyl adjacent to an activating group) is 1. The predicted molar refractivity (Wildman–Crippen MR) is 146 cm³/mol. The molecule has 10 nitrogen and oxygen atoms in total. The average molecular weight is 523 g/mol. The highest BCUT2D eigenvalue weighted by molar-refractivity contribution is 5.97. The SMILES string of the molecule is CN(C)CC(=O)Nc1cncc(-c2ccc3[nH]nc(-c4nc5c(-c6cc(O)cc(F)c6)cccc5[nH]4)c3n2)c1. The van der Waals surface area contributed by atoms with Crippen molar-refractivity contribution in [2.45, 2.75) is 0 Å². The smallest absolute Gasteiger partial charge is 0.238 e. The molecular formula is C28H23FN8O2. The zero-order valence-corrected chi connectivity index (χ0v) is 21.0. The van der Waals surface area contributed by atoms with Gasteiger partial charge in [-0.3, -0.25) is 14.9 Å². The highest BCUT2D eigenvalue weighted by Crippen LogP contribution is 2.33. The number of aromatic hydroxyl groups is 1. The standard InChI is InChI=1S/C28H23FN8O2/c1-37(2)14-24(39)31-18-9-16(12-30-13-18)21-6-7-23-26(32-21)27(36-35-23)28-33-22-5-3-4-20(25(22)34-28)15-8-17(29)11-19(38)10-15/h3-13,38H,14H2,1-2H3,(H,31,39)(H,33,34)(H,35,36). The van der Waals surface area contributed by atoms with Crippen molar-refractivity contribution in [1.29, 1.82) is 0 Å². The Balaban J connectivity index is 1.39. The van der Waals surface area contributed by atoms with Crippen LogP contribution in [0.1, 0.15) is 0 Å². The molecule has 4 aromatic heterocycles. The first-order chi connectivity index (χ1) is 18.8. The minimum absolute atomic E-state index is 0.141. The number of amides is 1. The molecule has 1 amide bonds. The number of pyridine rings is 2. The van der Waals surface area contributed by atoms with Gasteiger partial charge in [-0.2, -0.15) is 5.10 Å². The second-order valence-corrected chi connectivity index (χ2v) is 9.40. The van der Waals surface area contributed by atoms with E-state index < -0.39 is 5.82 Å². The monoisotopic (exact) mass is 522 g/mol. The molecule has 4 heterocycles. The molecule has 0 saturated carbocycles. The summed E-state index contributed by atoms with van der Waals surface area (Å²) in [5.41, 5.74) is 6.27. The molecule has 0 bridgehead atoms. The molecule has 0 spiro atoms. The quantitative estimate of drug-likeness (QED) is 0.251. The molecule has 194 valence electrons. The molecule has 0 aliphatic carbocycles. The normalized spacial score (nSPS) is 11.5. The Hall–Kier alpha value is -5.16. The second-order valence-electron chi connectivity index (χ2n) is 9.40. The number of aromatic amines is 2. The number of carbonyl (C=O) groups is 1. The molecule has 0 atom stereocenters. The Bertz CT molecular complexity index is 1840. The number of imidazole rings is 1. The Morgan fingerprint density at radius 1 is 1.00 bits per heavy atom. The zero-order chi connectivity index (χ0) is 27.1. The number of fused-ring (bicyclic) bond motifs is 2. The molecule has 0 aliphatic heterocycles. The molecule has 0 saturated heterocycles. The zero-order valence-electron chi connectivity index (χ0n) is 21.0. The number of halogens is 1. The summed E-state index contributed by atoms with van der Waals surface area (Å²) in [7, 11) is 3.65. The van der Waals surface area contributed by atoms with Gasteiger partial charge in [0, 0.05) is 23.4 Å². The van der Waals surface area contributed by atoms with Crippen LogP contribution in [0.2, 0.25) is 0 Å². The van der Waals surface area contributed by atoms with Crippen molar-refractivity contribution >= 4 is 33.7 Å². The second kappa shape index (κ2) is 9.62. The molecule has 39 heavy (non-hydrogen) atoms. The van der Waals surface area contributed by atoms with Gasteiger partial charge in [-0.25, -0.2) is 14.4 Å². The van der Waals surface area contributed by atoms with Gasteiger partial charge in [0.2, 0.25) is 5.91 Å². The van der Waals surface area contributed by atoms with Crippen molar-refractivity contribution in [2.75, 3.05) is 26.0 Å².